The van der Waals surface area contributed by atoms with E-state index in [4.69, 9.17) is 9.66 Å². The molecule has 1 rings (SSSR count). The first kappa shape index (κ1) is 13.3. The number of hydrogen-bond acceptors (Lipinski definition) is 6. The lowest BCUT2D eigenvalue weighted by molar-refractivity contribution is 0.0518. The van der Waals surface area contributed by atoms with E-state index in [1.807, 2.05) is 0 Å². The van der Waals surface area contributed by atoms with Crippen molar-refractivity contribution in [3.63, 3.8) is 0 Å². The van der Waals surface area contributed by atoms with E-state index in [1.54, 1.807) is 0 Å². The summed E-state index contributed by atoms with van der Waals surface area (Å²) in [6.45, 7) is 1.45. The third-order valence-corrected chi connectivity index (χ3v) is 2.70. The van der Waals surface area contributed by atoms with Crippen molar-refractivity contribution in [3.05, 3.63) is 17.7 Å². The van der Waals surface area contributed by atoms with E-state index < -0.39 is 38.0 Å². The molecule has 0 atom stereocenters. The summed E-state index contributed by atoms with van der Waals surface area (Å²) in [5.41, 5.74) is -0.716. The van der Waals surface area contributed by atoms with Crippen LogP contribution in [0.2, 0.25) is 0 Å². The molecule has 0 aromatic heterocycles. The highest BCUT2D eigenvalue weighted by molar-refractivity contribution is 7.86. The highest BCUT2D eigenvalue weighted by atomic mass is 32.2. The number of carbonyl (C=O) groups is 1. The van der Waals surface area contributed by atoms with Crippen molar-refractivity contribution >= 4 is 16.1 Å². The fourth-order valence-electron chi connectivity index (χ4n) is 1.20. The molecule has 1 aromatic carbocycles. The summed E-state index contributed by atoms with van der Waals surface area (Å²) in [7, 11) is -4.76. The molecular formula is C9H10O7S. The third kappa shape index (κ3) is 2.86. The number of rotatable bonds is 3. The normalized spacial score (nSPS) is 11.2. The Bertz CT molecular complexity index is 547. The van der Waals surface area contributed by atoms with Gasteiger partial charge < -0.3 is 14.9 Å². The Kier molecular flexibility index (Phi) is 3.59. The SMILES string of the molecule is CCOC(=O)c1c(O)cc(O)cc1S(=O)(=O)O. The molecule has 0 unspecified atom stereocenters. The van der Waals surface area contributed by atoms with Crippen LogP contribution in [0.1, 0.15) is 17.3 Å². The first-order valence-corrected chi connectivity index (χ1v) is 5.92. The summed E-state index contributed by atoms with van der Waals surface area (Å²) in [5.74, 6) is -2.52. The van der Waals surface area contributed by atoms with Gasteiger partial charge in [0.15, 0.2) is 0 Å². The Morgan fingerprint density at radius 3 is 2.41 bits per heavy atom. The van der Waals surface area contributed by atoms with Crippen molar-refractivity contribution in [2.24, 2.45) is 0 Å². The van der Waals surface area contributed by atoms with E-state index in [9.17, 15) is 18.3 Å². The molecule has 94 valence electrons. The molecular weight excluding hydrogens is 252 g/mol. The summed E-state index contributed by atoms with van der Waals surface area (Å²) >= 11 is 0. The number of hydrogen-bond donors (Lipinski definition) is 3. The van der Waals surface area contributed by atoms with Crippen LogP contribution in [0, 0.1) is 0 Å². The second kappa shape index (κ2) is 4.60. The van der Waals surface area contributed by atoms with Gasteiger partial charge in [0.25, 0.3) is 10.1 Å². The van der Waals surface area contributed by atoms with Gasteiger partial charge >= 0.3 is 5.97 Å². The molecule has 1 aromatic rings. The van der Waals surface area contributed by atoms with E-state index in [1.165, 1.54) is 6.92 Å². The number of benzene rings is 1. The predicted molar refractivity (Wildman–Crippen MR) is 55.5 cm³/mol. The molecule has 0 radical (unpaired) electrons. The summed E-state index contributed by atoms with van der Waals surface area (Å²) in [6, 6.07) is 1.40. The van der Waals surface area contributed by atoms with Crippen LogP contribution in [-0.2, 0) is 14.9 Å². The monoisotopic (exact) mass is 262 g/mol. The molecule has 0 aliphatic rings. The van der Waals surface area contributed by atoms with Crippen molar-refractivity contribution in [1.82, 2.24) is 0 Å². The van der Waals surface area contributed by atoms with Crippen molar-refractivity contribution in [2.75, 3.05) is 6.61 Å². The van der Waals surface area contributed by atoms with E-state index in [0.29, 0.717) is 6.07 Å². The van der Waals surface area contributed by atoms with Crippen LogP contribution in [0.4, 0.5) is 0 Å². The zero-order chi connectivity index (χ0) is 13.2. The van der Waals surface area contributed by atoms with E-state index in [0.717, 1.165) is 6.07 Å². The molecule has 0 saturated heterocycles. The topological polar surface area (TPSA) is 121 Å². The van der Waals surface area contributed by atoms with Crippen LogP contribution in [0.5, 0.6) is 11.5 Å². The molecule has 0 fully saturated rings. The Labute approximate surface area is 97.0 Å². The minimum Gasteiger partial charge on any atom is -0.508 e. The van der Waals surface area contributed by atoms with E-state index in [2.05, 4.69) is 4.74 Å². The lowest BCUT2D eigenvalue weighted by Crippen LogP contribution is -2.11. The summed E-state index contributed by atoms with van der Waals surface area (Å²) in [4.78, 5) is 10.5. The lowest BCUT2D eigenvalue weighted by atomic mass is 10.2. The van der Waals surface area contributed by atoms with Crippen LogP contribution in [0.15, 0.2) is 17.0 Å². The van der Waals surface area contributed by atoms with Crippen LogP contribution >= 0.6 is 0 Å². The number of ether oxygens (including phenoxy) is 1. The van der Waals surface area contributed by atoms with Gasteiger partial charge in [-0.05, 0) is 6.92 Å². The Morgan fingerprint density at radius 1 is 1.35 bits per heavy atom. The maximum atomic E-state index is 11.4. The van der Waals surface area contributed by atoms with Gasteiger partial charge in [-0.3, -0.25) is 4.55 Å². The van der Waals surface area contributed by atoms with Gasteiger partial charge in [-0.2, -0.15) is 8.42 Å². The van der Waals surface area contributed by atoms with Gasteiger partial charge in [-0.1, -0.05) is 0 Å². The van der Waals surface area contributed by atoms with Crippen molar-refractivity contribution < 1.29 is 32.7 Å². The minimum absolute atomic E-state index is 0.0376. The summed E-state index contributed by atoms with van der Waals surface area (Å²) < 4.78 is 35.4. The predicted octanol–water partition coefficient (Wildman–Crippen LogP) is 0.521. The van der Waals surface area contributed by atoms with Gasteiger partial charge in [-0.25, -0.2) is 4.79 Å². The van der Waals surface area contributed by atoms with E-state index >= 15 is 0 Å². The zero-order valence-electron chi connectivity index (χ0n) is 8.74. The minimum atomic E-state index is -4.76. The highest BCUT2D eigenvalue weighted by Gasteiger charge is 2.26. The Hall–Kier alpha value is -1.80. The Morgan fingerprint density at radius 2 is 1.94 bits per heavy atom. The molecule has 0 aliphatic heterocycles. The largest absolute Gasteiger partial charge is 0.508 e. The average Bonchev–Trinajstić information content (AvgIpc) is 2.15. The van der Waals surface area contributed by atoms with Gasteiger partial charge in [0, 0.05) is 12.1 Å². The van der Waals surface area contributed by atoms with Crippen molar-refractivity contribution in [3.8, 4) is 11.5 Å². The van der Waals surface area contributed by atoms with Crippen molar-refractivity contribution in [1.29, 1.82) is 0 Å². The van der Waals surface area contributed by atoms with Crippen LogP contribution < -0.4 is 0 Å². The number of phenols is 2. The zero-order valence-corrected chi connectivity index (χ0v) is 9.56. The molecule has 0 amide bonds. The summed E-state index contributed by atoms with van der Waals surface area (Å²) in [6.07, 6.45) is 0. The standard InChI is InChI=1S/C9H10O7S/c1-2-16-9(12)8-6(11)3-5(10)4-7(8)17(13,14)15/h3-4,10-11H,2H2,1H3,(H,13,14,15). The number of esters is 1. The van der Waals surface area contributed by atoms with Crippen LogP contribution in [0.3, 0.4) is 0 Å². The molecule has 0 heterocycles. The quantitative estimate of drug-likeness (QED) is 0.536. The number of phenolic OH excluding ortho intramolecular Hbond substituents is 2. The van der Waals surface area contributed by atoms with Gasteiger partial charge in [0.05, 0.1) is 6.61 Å². The molecule has 17 heavy (non-hydrogen) atoms. The van der Waals surface area contributed by atoms with Gasteiger partial charge in [-0.15, -0.1) is 0 Å². The highest BCUT2D eigenvalue weighted by Crippen LogP contribution is 2.30. The number of carbonyl (C=O) groups excluding carboxylic acids is 1. The molecule has 0 aliphatic carbocycles. The molecule has 8 heteroatoms. The smallest absolute Gasteiger partial charge is 0.343 e. The van der Waals surface area contributed by atoms with Crippen molar-refractivity contribution in [2.45, 2.75) is 11.8 Å². The van der Waals surface area contributed by atoms with Crippen LogP contribution in [0.25, 0.3) is 0 Å². The lowest BCUT2D eigenvalue weighted by Gasteiger charge is -2.09. The molecule has 0 bridgehead atoms. The van der Waals surface area contributed by atoms with Gasteiger partial charge in [0.1, 0.15) is 22.0 Å². The fraction of sp³-hybridized carbons (Fsp3) is 0.222. The second-order valence-corrected chi connectivity index (χ2v) is 4.42. The van der Waals surface area contributed by atoms with Gasteiger partial charge in [0.2, 0.25) is 0 Å². The fourth-order valence-corrected chi connectivity index (χ4v) is 1.91. The van der Waals surface area contributed by atoms with E-state index in [-0.39, 0.29) is 6.61 Å². The molecule has 0 saturated carbocycles. The van der Waals surface area contributed by atoms with Crippen LogP contribution in [-0.4, -0.2) is 35.8 Å². The summed E-state index contributed by atoms with van der Waals surface area (Å²) in [5, 5.41) is 18.5. The molecule has 0 spiro atoms. The Balaban J connectivity index is 3.52. The maximum Gasteiger partial charge on any atom is 0.343 e. The number of aromatic hydroxyl groups is 2. The first-order valence-electron chi connectivity index (χ1n) is 4.48. The average molecular weight is 262 g/mol. The molecule has 7 nitrogen and oxygen atoms in total. The second-order valence-electron chi connectivity index (χ2n) is 3.03. The third-order valence-electron chi connectivity index (χ3n) is 1.82. The molecule has 3 N–H and O–H groups in total. The first-order chi connectivity index (χ1) is 7.77. The maximum absolute atomic E-state index is 11.4.